The van der Waals surface area contributed by atoms with Crippen molar-refractivity contribution < 1.29 is 14.3 Å². The summed E-state index contributed by atoms with van der Waals surface area (Å²) in [7, 11) is 0. The van der Waals surface area contributed by atoms with Crippen molar-refractivity contribution in [1.82, 2.24) is 0 Å². The average molecular weight is 379 g/mol. The van der Waals surface area contributed by atoms with Gasteiger partial charge >= 0.3 is 5.97 Å². The largest absolute Gasteiger partial charge is 0.453 e. The number of anilines is 1. The van der Waals surface area contributed by atoms with Gasteiger partial charge in [-0.05, 0) is 36.4 Å². The van der Waals surface area contributed by atoms with Crippen LogP contribution in [-0.4, -0.2) is 18.0 Å². The Morgan fingerprint density at radius 3 is 2.48 bits per heavy atom. The van der Waals surface area contributed by atoms with Gasteiger partial charge in [-0.15, -0.1) is 11.3 Å². The third kappa shape index (κ3) is 5.28. The molecule has 0 spiro atoms. The molecule has 0 fully saturated rings. The zero-order chi connectivity index (χ0) is 19.1. The minimum Gasteiger partial charge on any atom is -0.453 e. The molecule has 1 amide bonds. The van der Waals surface area contributed by atoms with Crippen LogP contribution in [-0.2, 0) is 20.7 Å². The SMILES string of the molecule is C[C@H](OC(=O)CCc1cccs1)C(=O)Nc1ccccc1-c1ccccc1. The fourth-order valence-corrected chi connectivity index (χ4v) is 3.39. The second-order valence-corrected chi connectivity index (χ2v) is 7.14. The number of hydrogen-bond acceptors (Lipinski definition) is 4. The Hall–Kier alpha value is -2.92. The molecule has 0 saturated heterocycles. The first-order valence-electron chi connectivity index (χ1n) is 8.80. The summed E-state index contributed by atoms with van der Waals surface area (Å²) in [4.78, 5) is 25.6. The molecule has 0 aliphatic carbocycles. The lowest BCUT2D eigenvalue weighted by molar-refractivity contribution is -0.153. The van der Waals surface area contributed by atoms with Crippen molar-refractivity contribution in [2.45, 2.75) is 25.9 Å². The van der Waals surface area contributed by atoms with Gasteiger partial charge in [-0.25, -0.2) is 0 Å². The smallest absolute Gasteiger partial charge is 0.306 e. The van der Waals surface area contributed by atoms with Crippen molar-refractivity contribution >= 4 is 28.9 Å². The van der Waals surface area contributed by atoms with Crippen LogP contribution in [0.5, 0.6) is 0 Å². The lowest BCUT2D eigenvalue weighted by Gasteiger charge is -2.16. The predicted octanol–water partition coefficient (Wildman–Crippen LogP) is 4.92. The molecule has 0 bridgehead atoms. The number of esters is 1. The molecule has 0 unspecified atom stereocenters. The van der Waals surface area contributed by atoms with E-state index in [2.05, 4.69) is 5.32 Å². The van der Waals surface area contributed by atoms with Gasteiger partial charge in [0.25, 0.3) is 5.91 Å². The van der Waals surface area contributed by atoms with E-state index in [0.717, 1.165) is 16.0 Å². The van der Waals surface area contributed by atoms with E-state index in [1.807, 2.05) is 72.1 Å². The maximum atomic E-state index is 12.5. The van der Waals surface area contributed by atoms with Crippen LogP contribution in [0.2, 0.25) is 0 Å². The van der Waals surface area contributed by atoms with Crippen molar-refractivity contribution in [3.8, 4) is 11.1 Å². The Morgan fingerprint density at radius 2 is 1.74 bits per heavy atom. The third-order valence-corrected chi connectivity index (χ3v) is 5.04. The molecule has 2 aromatic carbocycles. The van der Waals surface area contributed by atoms with Gasteiger partial charge in [0.2, 0.25) is 0 Å². The molecule has 3 aromatic rings. The van der Waals surface area contributed by atoms with Crippen molar-refractivity contribution in [2.24, 2.45) is 0 Å². The van der Waals surface area contributed by atoms with E-state index >= 15 is 0 Å². The van der Waals surface area contributed by atoms with Gasteiger partial charge in [-0.2, -0.15) is 0 Å². The van der Waals surface area contributed by atoms with Crippen molar-refractivity contribution in [3.05, 3.63) is 77.0 Å². The van der Waals surface area contributed by atoms with Gasteiger partial charge in [0, 0.05) is 16.1 Å². The molecule has 0 saturated carbocycles. The van der Waals surface area contributed by atoms with Crippen LogP contribution in [0.15, 0.2) is 72.1 Å². The lowest BCUT2D eigenvalue weighted by Crippen LogP contribution is -2.30. The van der Waals surface area contributed by atoms with Crippen LogP contribution in [0.3, 0.4) is 0 Å². The first-order valence-corrected chi connectivity index (χ1v) is 9.68. The predicted molar refractivity (Wildman–Crippen MR) is 109 cm³/mol. The molecule has 1 N–H and O–H groups in total. The van der Waals surface area contributed by atoms with E-state index in [9.17, 15) is 9.59 Å². The van der Waals surface area contributed by atoms with Gasteiger partial charge in [0.1, 0.15) is 0 Å². The van der Waals surface area contributed by atoms with Gasteiger partial charge in [-0.1, -0.05) is 54.6 Å². The molecular weight excluding hydrogens is 358 g/mol. The number of benzene rings is 2. The molecule has 1 atom stereocenters. The number of rotatable bonds is 7. The summed E-state index contributed by atoms with van der Waals surface area (Å²) in [6, 6.07) is 21.3. The van der Waals surface area contributed by atoms with Crippen LogP contribution in [0.4, 0.5) is 5.69 Å². The van der Waals surface area contributed by atoms with Crippen LogP contribution >= 0.6 is 11.3 Å². The summed E-state index contributed by atoms with van der Waals surface area (Å²) in [5.41, 5.74) is 2.62. The van der Waals surface area contributed by atoms with Crippen LogP contribution in [0.1, 0.15) is 18.2 Å². The summed E-state index contributed by atoms with van der Waals surface area (Å²) in [6.45, 7) is 1.59. The molecule has 0 aliphatic heterocycles. The first-order chi connectivity index (χ1) is 13.1. The highest BCUT2D eigenvalue weighted by Gasteiger charge is 2.19. The van der Waals surface area contributed by atoms with Crippen LogP contribution in [0, 0.1) is 0 Å². The summed E-state index contributed by atoms with van der Waals surface area (Å²) in [5, 5.41) is 4.84. The van der Waals surface area contributed by atoms with E-state index in [-0.39, 0.29) is 18.3 Å². The summed E-state index contributed by atoms with van der Waals surface area (Å²) in [5.74, 6) is -0.717. The van der Waals surface area contributed by atoms with E-state index in [1.165, 1.54) is 0 Å². The van der Waals surface area contributed by atoms with E-state index in [1.54, 1.807) is 18.3 Å². The van der Waals surface area contributed by atoms with Gasteiger partial charge < -0.3 is 10.1 Å². The third-order valence-electron chi connectivity index (χ3n) is 4.10. The molecule has 0 radical (unpaired) electrons. The Bertz CT molecular complexity index is 891. The fourth-order valence-electron chi connectivity index (χ4n) is 2.69. The normalized spacial score (nSPS) is 11.6. The van der Waals surface area contributed by atoms with Crippen LogP contribution in [0.25, 0.3) is 11.1 Å². The zero-order valence-corrected chi connectivity index (χ0v) is 15.9. The molecule has 138 valence electrons. The minimum atomic E-state index is -0.857. The highest BCUT2D eigenvalue weighted by molar-refractivity contribution is 7.09. The van der Waals surface area contributed by atoms with Gasteiger partial charge in [0.05, 0.1) is 6.42 Å². The Kier molecular flexibility index (Phi) is 6.39. The molecular formula is C22H21NO3S. The van der Waals surface area contributed by atoms with Crippen molar-refractivity contribution in [1.29, 1.82) is 0 Å². The number of hydrogen-bond donors (Lipinski definition) is 1. The second-order valence-electron chi connectivity index (χ2n) is 6.11. The van der Waals surface area contributed by atoms with E-state index in [4.69, 9.17) is 4.74 Å². The number of ether oxygens (including phenoxy) is 1. The summed E-state index contributed by atoms with van der Waals surface area (Å²) < 4.78 is 5.28. The molecule has 5 heteroatoms. The van der Waals surface area contributed by atoms with E-state index in [0.29, 0.717) is 12.1 Å². The number of nitrogens with one attached hydrogen (secondary N) is 1. The van der Waals surface area contributed by atoms with E-state index < -0.39 is 6.10 Å². The number of carbonyl (C=O) groups excluding carboxylic acids is 2. The number of thiophene rings is 1. The zero-order valence-electron chi connectivity index (χ0n) is 15.1. The van der Waals surface area contributed by atoms with Gasteiger partial charge in [-0.3, -0.25) is 9.59 Å². The molecule has 3 rings (SSSR count). The second kappa shape index (κ2) is 9.14. The standard InChI is InChI=1S/C22H21NO3S/c1-16(26-21(24)14-13-18-10-7-15-27-18)22(25)23-20-12-6-5-11-19(20)17-8-3-2-4-9-17/h2-12,15-16H,13-14H2,1H3,(H,23,25)/t16-/m0/s1. The Balaban J connectivity index is 1.59. The first kappa shape index (κ1) is 18.9. The highest BCUT2D eigenvalue weighted by Crippen LogP contribution is 2.27. The van der Waals surface area contributed by atoms with Gasteiger partial charge in [0.15, 0.2) is 6.10 Å². The maximum absolute atomic E-state index is 12.5. The number of amides is 1. The Labute approximate surface area is 162 Å². The topological polar surface area (TPSA) is 55.4 Å². The quantitative estimate of drug-likeness (QED) is 0.593. The number of aryl methyl sites for hydroxylation is 1. The minimum absolute atomic E-state index is 0.263. The molecule has 1 heterocycles. The van der Waals surface area contributed by atoms with Crippen LogP contribution < -0.4 is 5.32 Å². The summed E-state index contributed by atoms with van der Waals surface area (Å²) in [6.07, 6.45) is 0.0325. The molecule has 0 aliphatic rings. The highest BCUT2D eigenvalue weighted by atomic mass is 32.1. The van der Waals surface area contributed by atoms with Crippen molar-refractivity contribution in [3.63, 3.8) is 0 Å². The fraction of sp³-hybridized carbons (Fsp3) is 0.182. The molecule has 27 heavy (non-hydrogen) atoms. The maximum Gasteiger partial charge on any atom is 0.306 e. The molecule has 4 nitrogen and oxygen atoms in total. The number of para-hydroxylation sites is 1. The lowest BCUT2D eigenvalue weighted by atomic mass is 10.0. The monoisotopic (exact) mass is 379 g/mol. The average Bonchev–Trinajstić information content (AvgIpc) is 3.21. The van der Waals surface area contributed by atoms with Crippen molar-refractivity contribution in [2.75, 3.05) is 5.32 Å². The Morgan fingerprint density at radius 1 is 1.00 bits per heavy atom. The summed E-state index contributed by atoms with van der Waals surface area (Å²) >= 11 is 1.60. The number of carbonyl (C=O) groups is 2. The molecule has 1 aromatic heterocycles.